The number of aliphatic hydroxyl groups excluding tert-OH is 1. The quantitative estimate of drug-likeness (QED) is 0.916. The molecular formula is C19H28N2O3. The summed E-state index contributed by atoms with van der Waals surface area (Å²) in [4.78, 5) is 16.9. The van der Waals surface area contributed by atoms with Crippen LogP contribution in [0, 0.1) is 5.92 Å². The summed E-state index contributed by atoms with van der Waals surface area (Å²) < 4.78 is 5.47. The zero-order valence-corrected chi connectivity index (χ0v) is 14.6. The average Bonchev–Trinajstić information content (AvgIpc) is 2.63. The van der Waals surface area contributed by atoms with Crippen molar-refractivity contribution in [2.75, 3.05) is 40.3 Å². The van der Waals surface area contributed by atoms with Crippen molar-refractivity contribution in [1.29, 1.82) is 0 Å². The van der Waals surface area contributed by atoms with Gasteiger partial charge < -0.3 is 19.6 Å². The minimum atomic E-state index is -0.499. The molecule has 5 heteroatoms. The van der Waals surface area contributed by atoms with E-state index in [1.807, 2.05) is 30.1 Å². The number of aliphatic hydroxyl groups is 1. The molecular weight excluding hydrogens is 304 g/mol. The lowest BCUT2D eigenvalue weighted by Crippen LogP contribution is -2.51. The number of methoxy groups -OCH3 is 1. The lowest BCUT2D eigenvalue weighted by molar-refractivity contribution is -0.143. The molecule has 0 aliphatic carbocycles. The highest BCUT2D eigenvalue weighted by Crippen LogP contribution is 2.34. The van der Waals surface area contributed by atoms with E-state index in [9.17, 15) is 9.90 Å². The largest absolute Gasteiger partial charge is 0.496 e. The van der Waals surface area contributed by atoms with Crippen LogP contribution in [0.5, 0.6) is 5.75 Å². The van der Waals surface area contributed by atoms with Gasteiger partial charge in [0.1, 0.15) is 5.75 Å². The Labute approximate surface area is 144 Å². The molecule has 24 heavy (non-hydrogen) atoms. The SMILES string of the molecule is COc1ccccc1C1CCN(C(=O)[C@@H]2CN(C)CC[C@H]2O)CC1. The molecule has 2 heterocycles. The Hall–Kier alpha value is -1.59. The van der Waals surface area contributed by atoms with Crippen molar-refractivity contribution in [1.82, 2.24) is 9.80 Å². The summed E-state index contributed by atoms with van der Waals surface area (Å²) in [6.07, 6.45) is 2.08. The maximum Gasteiger partial charge on any atom is 0.229 e. The van der Waals surface area contributed by atoms with Crippen molar-refractivity contribution in [2.45, 2.75) is 31.3 Å². The lowest BCUT2D eigenvalue weighted by atomic mass is 9.87. The minimum Gasteiger partial charge on any atom is -0.496 e. The average molecular weight is 332 g/mol. The molecule has 0 bridgehead atoms. The first-order valence-corrected chi connectivity index (χ1v) is 8.88. The van der Waals surface area contributed by atoms with E-state index < -0.39 is 6.10 Å². The van der Waals surface area contributed by atoms with E-state index in [1.165, 1.54) is 5.56 Å². The molecule has 2 fully saturated rings. The molecule has 2 atom stereocenters. The van der Waals surface area contributed by atoms with Gasteiger partial charge in [0, 0.05) is 26.2 Å². The number of hydrogen-bond acceptors (Lipinski definition) is 4. The molecule has 2 saturated heterocycles. The molecule has 1 N–H and O–H groups in total. The maximum absolute atomic E-state index is 12.8. The molecule has 0 unspecified atom stereocenters. The summed E-state index contributed by atoms with van der Waals surface area (Å²) in [5, 5.41) is 10.2. The molecule has 2 aliphatic rings. The van der Waals surface area contributed by atoms with Crippen LogP contribution in [0.15, 0.2) is 24.3 Å². The van der Waals surface area contributed by atoms with Crippen LogP contribution in [-0.4, -0.2) is 67.3 Å². The number of amides is 1. The van der Waals surface area contributed by atoms with Gasteiger partial charge in [-0.1, -0.05) is 18.2 Å². The van der Waals surface area contributed by atoms with E-state index >= 15 is 0 Å². The summed E-state index contributed by atoms with van der Waals surface area (Å²) in [6, 6.07) is 8.16. The molecule has 132 valence electrons. The zero-order valence-electron chi connectivity index (χ0n) is 14.6. The van der Waals surface area contributed by atoms with Gasteiger partial charge in [-0.15, -0.1) is 0 Å². The molecule has 0 radical (unpaired) electrons. The second-order valence-electron chi connectivity index (χ2n) is 7.07. The minimum absolute atomic E-state index is 0.118. The second-order valence-corrected chi connectivity index (χ2v) is 7.07. The number of rotatable bonds is 3. The standard InChI is InChI=1S/C19H28N2O3/c1-20-10-9-17(22)16(13-20)19(23)21-11-7-14(8-12-21)15-5-3-4-6-18(15)24-2/h3-6,14,16-17,22H,7-13H2,1-2H3/t16-,17-/m1/s1. The summed E-state index contributed by atoms with van der Waals surface area (Å²) in [6.45, 7) is 3.04. The van der Waals surface area contributed by atoms with Gasteiger partial charge >= 0.3 is 0 Å². The van der Waals surface area contributed by atoms with Crippen LogP contribution in [0.2, 0.25) is 0 Å². The van der Waals surface area contributed by atoms with Crippen molar-refractivity contribution in [3.8, 4) is 5.75 Å². The fourth-order valence-corrected chi connectivity index (χ4v) is 3.99. The number of hydrogen-bond donors (Lipinski definition) is 1. The molecule has 2 aliphatic heterocycles. The fraction of sp³-hybridized carbons (Fsp3) is 0.632. The first kappa shape index (κ1) is 17.2. The van der Waals surface area contributed by atoms with E-state index in [-0.39, 0.29) is 11.8 Å². The molecule has 3 rings (SSSR count). The Kier molecular flexibility index (Phi) is 5.41. The third-order valence-electron chi connectivity index (χ3n) is 5.48. The van der Waals surface area contributed by atoms with Gasteiger partial charge in [-0.05, 0) is 43.9 Å². The molecule has 0 saturated carbocycles. The molecule has 0 spiro atoms. The van der Waals surface area contributed by atoms with Gasteiger partial charge in [0.15, 0.2) is 0 Å². The van der Waals surface area contributed by atoms with E-state index in [0.717, 1.165) is 38.2 Å². The van der Waals surface area contributed by atoms with Crippen LogP contribution in [0.25, 0.3) is 0 Å². The Morgan fingerprint density at radius 1 is 1.17 bits per heavy atom. The summed E-state index contributed by atoms with van der Waals surface area (Å²) in [7, 11) is 3.72. The molecule has 5 nitrogen and oxygen atoms in total. The normalized spacial score (nSPS) is 26.4. The first-order chi connectivity index (χ1) is 11.6. The highest BCUT2D eigenvalue weighted by molar-refractivity contribution is 5.80. The van der Waals surface area contributed by atoms with Crippen LogP contribution in [0.3, 0.4) is 0 Å². The Morgan fingerprint density at radius 3 is 2.58 bits per heavy atom. The Bertz CT molecular complexity index is 569. The third kappa shape index (κ3) is 3.57. The Morgan fingerprint density at radius 2 is 1.88 bits per heavy atom. The van der Waals surface area contributed by atoms with Gasteiger partial charge in [0.25, 0.3) is 0 Å². The van der Waals surface area contributed by atoms with Gasteiger partial charge in [0.2, 0.25) is 5.91 Å². The van der Waals surface area contributed by atoms with Crippen LogP contribution in [0.1, 0.15) is 30.7 Å². The zero-order chi connectivity index (χ0) is 17.1. The van der Waals surface area contributed by atoms with Crippen molar-refractivity contribution in [2.24, 2.45) is 5.92 Å². The number of nitrogens with zero attached hydrogens (tertiary/aromatic N) is 2. The fourth-order valence-electron chi connectivity index (χ4n) is 3.99. The van der Waals surface area contributed by atoms with Crippen molar-refractivity contribution < 1.29 is 14.6 Å². The Balaban J connectivity index is 1.61. The number of piperidine rings is 2. The van der Waals surface area contributed by atoms with Gasteiger partial charge in [0.05, 0.1) is 19.1 Å². The number of likely N-dealkylation sites (tertiary alicyclic amines) is 2. The number of carbonyl (C=O) groups is 1. The molecule has 1 aromatic rings. The summed E-state index contributed by atoms with van der Waals surface area (Å²) >= 11 is 0. The van der Waals surface area contributed by atoms with Crippen LogP contribution in [-0.2, 0) is 4.79 Å². The van der Waals surface area contributed by atoms with Gasteiger partial charge in [-0.3, -0.25) is 4.79 Å². The highest BCUT2D eigenvalue weighted by atomic mass is 16.5. The van der Waals surface area contributed by atoms with Crippen LogP contribution >= 0.6 is 0 Å². The highest BCUT2D eigenvalue weighted by Gasteiger charge is 2.36. The summed E-state index contributed by atoms with van der Waals surface area (Å²) in [5.41, 5.74) is 1.24. The number of benzene rings is 1. The van der Waals surface area contributed by atoms with Crippen LogP contribution < -0.4 is 4.74 Å². The van der Waals surface area contributed by atoms with Crippen LogP contribution in [0.4, 0.5) is 0 Å². The summed E-state index contributed by atoms with van der Waals surface area (Å²) in [5.74, 6) is 1.22. The van der Waals surface area contributed by atoms with E-state index in [0.29, 0.717) is 18.9 Å². The smallest absolute Gasteiger partial charge is 0.229 e. The molecule has 1 amide bonds. The van der Waals surface area contributed by atoms with E-state index in [1.54, 1.807) is 7.11 Å². The molecule has 0 aromatic heterocycles. The lowest BCUT2D eigenvalue weighted by Gasteiger charge is -2.39. The first-order valence-electron chi connectivity index (χ1n) is 8.88. The topological polar surface area (TPSA) is 53.0 Å². The predicted octanol–water partition coefficient (Wildman–Crippen LogP) is 1.71. The molecule has 1 aromatic carbocycles. The van der Waals surface area contributed by atoms with Crippen molar-refractivity contribution >= 4 is 5.91 Å². The van der Waals surface area contributed by atoms with E-state index in [2.05, 4.69) is 11.0 Å². The maximum atomic E-state index is 12.8. The predicted molar refractivity (Wildman–Crippen MR) is 93.2 cm³/mol. The van der Waals surface area contributed by atoms with Crippen molar-refractivity contribution in [3.63, 3.8) is 0 Å². The van der Waals surface area contributed by atoms with Gasteiger partial charge in [-0.25, -0.2) is 0 Å². The number of ether oxygens (including phenoxy) is 1. The second kappa shape index (κ2) is 7.53. The van der Waals surface area contributed by atoms with Gasteiger partial charge in [-0.2, -0.15) is 0 Å². The van der Waals surface area contributed by atoms with E-state index in [4.69, 9.17) is 4.74 Å². The monoisotopic (exact) mass is 332 g/mol. The number of carbonyl (C=O) groups excluding carboxylic acids is 1. The third-order valence-corrected chi connectivity index (χ3v) is 5.48. The number of para-hydroxylation sites is 1. The van der Waals surface area contributed by atoms with Crippen molar-refractivity contribution in [3.05, 3.63) is 29.8 Å².